The van der Waals surface area contributed by atoms with Gasteiger partial charge in [-0.15, -0.1) is 0 Å². The average molecular weight is 277 g/mol. The van der Waals surface area contributed by atoms with Gasteiger partial charge in [-0.1, -0.05) is 45.7 Å². The summed E-state index contributed by atoms with van der Waals surface area (Å²) in [6, 6.07) is 8.50. The van der Waals surface area contributed by atoms with Gasteiger partial charge in [-0.25, -0.2) is 0 Å². The zero-order valence-electron chi connectivity index (χ0n) is 8.50. The molecule has 1 atom stereocenters. The first-order valence-electron chi connectivity index (χ1n) is 4.64. The fourth-order valence-electron chi connectivity index (χ4n) is 1.17. The molecule has 0 aliphatic rings. The summed E-state index contributed by atoms with van der Waals surface area (Å²) >= 11 is 9.55. The molecule has 0 bridgehead atoms. The van der Waals surface area contributed by atoms with Crippen molar-refractivity contribution in [3.05, 3.63) is 34.9 Å². The lowest BCUT2D eigenvalue weighted by molar-refractivity contribution is 0.271. The highest BCUT2D eigenvalue weighted by Gasteiger charge is 2.09. The van der Waals surface area contributed by atoms with Gasteiger partial charge in [0.25, 0.3) is 0 Å². The van der Waals surface area contributed by atoms with Crippen LogP contribution < -0.4 is 0 Å². The van der Waals surface area contributed by atoms with E-state index >= 15 is 0 Å². The Hall–Kier alpha value is -0.0500. The van der Waals surface area contributed by atoms with Gasteiger partial charge in [0, 0.05) is 22.9 Å². The lowest BCUT2D eigenvalue weighted by Gasteiger charge is -2.23. The summed E-state index contributed by atoms with van der Waals surface area (Å²) < 4.78 is 0. The van der Waals surface area contributed by atoms with Crippen molar-refractivity contribution < 1.29 is 0 Å². The van der Waals surface area contributed by atoms with Crippen molar-refractivity contribution in [1.82, 2.24) is 4.90 Å². The molecule has 1 nitrogen and oxygen atoms in total. The standard InChI is InChI=1S/C11H15BrClN/c1-9(7-12)14(2)8-10-5-3-4-6-11(10)13/h3-6,9H,7-8H2,1-2H3. The quantitative estimate of drug-likeness (QED) is 0.760. The number of halogens is 2. The SMILES string of the molecule is CC(CBr)N(C)Cc1ccccc1Cl. The Bertz CT molecular complexity index is 290. The fourth-order valence-corrected chi connectivity index (χ4v) is 1.86. The third-order valence-electron chi connectivity index (χ3n) is 2.35. The number of alkyl halides is 1. The van der Waals surface area contributed by atoms with E-state index in [-0.39, 0.29) is 0 Å². The van der Waals surface area contributed by atoms with Crippen LogP contribution in [0.5, 0.6) is 0 Å². The molecule has 0 saturated carbocycles. The van der Waals surface area contributed by atoms with Gasteiger partial charge in [-0.2, -0.15) is 0 Å². The summed E-state index contributed by atoms with van der Waals surface area (Å²) in [5.74, 6) is 0. The Morgan fingerprint density at radius 1 is 1.43 bits per heavy atom. The molecule has 1 rings (SSSR count). The molecule has 1 aromatic rings. The van der Waals surface area contributed by atoms with E-state index in [9.17, 15) is 0 Å². The zero-order chi connectivity index (χ0) is 10.6. The third kappa shape index (κ3) is 3.26. The van der Waals surface area contributed by atoms with Crippen LogP contribution >= 0.6 is 27.5 Å². The van der Waals surface area contributed by atoms with Crippen molar-refractivity contribution in [1.29, 1.82) is 0 Å². The predicted octanol–water partition coefficient (Wildman–Crippen LogP) is 3.56. The minimum atomic E-state index is 0.520. The van der Waals surface area contributed by atoms with E-state index in [0.29, 0.717) is 6.04 Å². The van der Waals surface area contributed by atoms with Crippen molar-refractivity contribution >= 4 is 27.5 Å². The molecule has 0 N–H and O–H groups in total. The largest absolute Gasteiger partial charge is 0.299 e. The maximum atomic E-state index is 6.08. The number of hydrogen-bond acceptors (Lipinski definition) is 1. The summed E-state index contributed by atoms with van der Waals surface area (Å²) in [4.78, 5) is 2.27. The second kappa shape index (κ2) is 5.74. The second-order valence-corrected chi connectivity index (χ2v) is 4.56. The Kier molecular flexibility index (Phi) is 4.93. The molecule has 3 heteroatoms. The van der Waals surface area contributed by atoms with Crippen LogP contribution in [0.3, 0.4) is 0 Å². The summed E-state index contributed by atoms with van der Waals surface area (Å²) in [5.41, 5.74) is 1.18. The van der Waals surface area contributed by atoms with Crippen LogP contribution in [0, 0.1) is 0 Å². The van der Waals surface area contributed by atoms with Gasteiger partial charge in [0.1, 0.15) is 0 Å². The van der Waals surface area contributed by atoms with E-state index in [0.717, 1.165) is 16.9 Å². The molecule has 14 heavy (non-hydrogen) atoms. The van der Waals surface area contributed by atoms with Crippen molar-refractivity contribution in [2.24, 2.45) is 0 Å². The Morgan fingerprint density at radius 3 is 2.64 bits per heavy atom. The molecule has 0 aromatic heterocycles. The van der Waals surface area contributed by atoms with Gasteiger partial charge in [0.05, 0.1) is 0 Å². The highest BCUT2D eigenvalue weighted by molar-refractivity contribution is 9.09. The second-order valence-electron chi connectivity index (χ2n) is 3.51. The van der Waals surface area contributed by atoms with Crippen LogP contribution in [0.25, 0.3) is 0 Å². The van der Waals surface area contributed by atoms with Gasteiger partial charge < -0.3 is 0 Å². The number of nitrogens with zero attached hydrogens (tertiary/aromatic N) is 1. The van der Waals surface area contributed by atoms with Gasteiger partial charge in [-0.05, 0) is 25.6 Å². The first-order chi connectivity index (χ1) is 6.65. The van der Waals surface area contributed by atoms with Gasteiger partial charge >= 0.3 is 0 Å². The van der Waals surface area contributed by atoms with Crippen molar-refractivity contribution in [3.63, 3.8) is 0 Å². The first-order valence-corrected chi connectivity index (χ1v) is 6.14. The fraction of sp³-hybridized carbons (Fsp3) is 0.455. The van der Waals surface area contributed by atoms with E-state index in [1.54, 1.807) is 0 Å². The van der Waals surface area contributed by atoms with Crippen LogP contribution in [0.1, 0.15) is 12.5 Å². The maximum absolute atomic E-state index is 6.08. The Balaban J connectivity index is 2.64. The average Bonchev–Trinajstić information content (AvgIpc) is 2.20. The van der Waals surface area contributed by atoms with E-state index in [4.69, 9.17) is 11.6 Å². The minimum Gasteiger partial charge on any atom is -0.299 e. The molecule has 0 heterocycles. The summed E-state index contributed by atoms with van der Waals surface area (Å²) in [6.45, 7) is 3.08. The molecular formula is C11H15BrClN. The minimum absolute atomic E-state index is 0.520. The Labute approximate surface area is 99.2 Å². The van der Waals surface area contributed by atoms with Crippen LogP contribution in [-0.4, -0.2) is 23.3 Å². The van der Waals surface area contributed by atoms with Crippen LogP contribution in [-0.2, 0) is 6.54 Å². The smallest absolute Gasteiger partial charge is 0.0451 e. The van der Waals surface area contributed by atoms with Gasteiger partial charge in [0.15, 0.2) is 0 Å². The van der Waals surface area contributed by atoms with Crippen LogP contribution in [0.4, 0.5) is 0 Å². The maximum Gasteiger partial charge on any atom is 0.0451 e. The van der Waals surface area contributed by atoms with Gasteiger partial charge in [-0.3, -0.25) is 4.90 Å². The lowest BCUT2D eigenvalue weighted by atomic mass is 10.2. The molecular weight excluding hydrogens is 261 g/mol. The lowest BCUT2D eigenvalue weighted by Crippen LogP contribution is -2.29. The molecule has 0 fully saturated rings. The molecule has 78 valence electrons. The van der Waals surface area contributed by atoms with Crippen LogP contribution in [0.2, 0.25) is 5.02 Å². The number of benzene rings is 1. The number of rotatable bonds is 4. The molecule has 0 amide bonds. The molecule has 0 spiro atoms. The van der Waals surface area contributed by atoms with Crippen molar-refractivity contribution in [3.8, 4) is 0 Å². The molecule has 1 aromatic carbocycles. The van der Waals surface area contributed by atoms with Crippen molar-refractivity contribution in [2.45, 2.75) is 19.5 Å². The van der Waals surface area contributed by atoms with Crippen LogP contribution in [0.15, 0.2) is 24.3 Å². The number of hydrogen-bond donors (Lipinski definition) is 0. The Morgan fingerprint density at radius 2 is 2.07 bits per heavy atom. The van der Waals surface area contributed by atoms with Gasteiger partial charge in [0.2, 0.25) is 0 Å². The summed E-state index contributed by atoms with van der Waals surface area (Å²) in [5, 5.41) is 1.83. The first kappa shape index (κ1) is 12.0. The summed E-state index contributed by atoms with van der Waals surface area (Å²) in [7, 11) is 2.11. The van der Waals surface area contributed by atoms with E-state index in [2.05, 4.69) is 40.9 Å². The van der Waals surface area contributed by atoms with E-state index < -0.39 is 0 Å². The topological polar surface area (TPSA) is 3.24 Å². The molecule has 0 radical (unpaired) electrons. The van der Waals surface area contributed by atoms with E-state index in [1.807, 2.05) is 18.2 Å². The predicted molar refractivity (Wildman–Crippen MR) is 66.2 cm³/mol. The zero-order valence-corrected chi connectivity index (χ0v) is 10.8. The molecule has 0 saturated heterocycles. The molecule has 0 aliphatic heterocycles. The van der Waals surface area contributed by atoms with E-state index in [1.165, 1.54) is 5.56 Å². The highest BCUT2D eigenvalue weighted by Crippen LogP contribution is 2.17. The summed E-state index contributed by atoms with van der Waals surface area (Å²) in [6.07, 6.45) is 0. The third-order valence-corrected chi connectivity index (χ3v) is 3.66. The monoisotopic (exact) mass is 275 g/mol. The molecule has 0 aliphatic carbocycles. The normalized spacial score (nSPS) is 13.2. The molecule has 1 unspecified atom stereocenters. The highest BCUT2D eigenvalue weighted by atomic mass is 79.9. The van der Waals surface area contributed by atoms with Crippen molar-refractivity contribution in [2.75, 3.05) is 12.4 Å².